The molecule has 0 amide bonds. The molecule has 0 spiro atoms. The SMILES string of the molecule is C=CC(=O)O.CC=C(C)C(=O)O.OCC(O)CO. The highest BCUT2D eigenvalue weighted by Crippen LogP contribution is 1.87. The van der Waals surface area contributed by atoms with Crippen LogP contribution in [0.25, 0.3) is 0 Å². The van der Waals surface area contributed by atoms with E-state index in [1.54, 1.807) is 19.9 Å². The van der Waals surface area contributed by atoms with Gasteiger partial charge in [0.05, 0.1) is 13.2 Å². The van der Waals surface area contributed by atoms with E-state index in [0.717, 1.165) is 6.08 Å². The summed E-state index contributed by atoms with van der Waals surface area (Å²) in [6.45, 7) is 5.49. The van der Waals surface area contributed by atoms with E-state index in [1.807, 2.05) is 0 Å². The lowest BCUT2D eigenvalue weighted by atomic mass is 10.3. The van der Waals surface area contributed by atoms with Gasteiger partial charge in [-0.15, -0.1) is 0 Å². The average Bonchev–Trinajstić information content (AvgIpc) is 2.37. The third-order valence-corrected chi connectivity index (χ3v) is 1.37. The summed E-state index contributed by atoms with van der Waals surface area (Å²) in [5.74, 6) is -1.83. The fraction of sp³-hybridized carbons (Fsp3) is 0.455. The first kappa shape index (κ1) is 21.6. The molecule has 106 valence electrons. The standard InChI is InChI=1S/C5H8O2.C3H8O3.C3H4O2/c1-3-4(2)5(6)7;4-1-3(6)2-5;1-2-3(4)5/h3H,1-2H3,(H,6,7);3-6H,1-2H2;2H,1H2,(H,4,5). The average molecular weight is 264 g/mol. The Morgan fingerprint density at radius 2 is 1.56 bits per heavy atom. The van der Waals surface area contributed by atoms with Gasteiger partial charge in [0.1, 0.15) is 6.10 Å². The fourth-order valence-electron chi connectivity index (χ4n) is 0.181. The van der Waals surface area contributed by atoms with Gasteiger partial charge < -0.3 is 25.5 Å². The number of rotatable bonds is 4. The van der Waals surface area contributed by atoms with Crippen molar-refractivity contribution in [1.29, 1.82) is 0 Å². The summed E-state index contributed by atoms with van der Waals surface area (Å²) in [6.07, 6.45) is 1.44. The Balaban J connectivity index is -0.000000190. The van der Waals surface area contributed by atoms with Crippen LogP contribution in [0.5, 0.6) is 0 Å². The van der Waals surface area contributed by atoms with Crippen molar-refractivity contribution in [1.82, 2.24) is 0 Å². The highest BCUT2D eigenvalue weighted by atomic mass is 16.4. The smallest absolute Gasteiger partial charge is 0.330 e. The summed E-state index contributed by atoms with van der Waals surface area (Å²) < 4.78 is 0. The first-order valence-electron chi connectivity index (χ1n) is 4.88. The minimum Gasteiger partial charge on any atom is -0.478 e. The van der Waals surface area contributed by atoms with Crippen LogP contribution in [0.4, 0.5) is 0 Å². The fourth-order valence-corrected chi connectivity index (χ4v) is 0.181. The Morgan fingerprint density at radius 3 is 1.56 bits per heavy atom. The molecule has 0 aromatic heterocycles. The zero-order valence-electron chi connectivity index (χ0n) is 10.4. The molecule has 0 aromatic rings. The monoisotopic (exact) mass is 264 g/mol. The zero-order valence-corrected chi connectivity index (χ0v) is 10.4. The zero-order chi connectivity index (χ0) is 15.1. The second kappa shape index (κ2) is 15.3. The number of aliphatic hydroxyl groups is 3. The highest BCUT2D eigenvalue weighted by molar-refractivity contribution is 5.85. The van der Waals surface area contributed by atoms with Crippen LogP contribution in [-0.2, 0) is 9.59 Å². The second-order valence-electron chi connectivity index (χ2n) is 2.84. The van der Waals surface area contributed by atoms with Crippen molar-refractivity contribution in [3.8, 4) is 0 Å². The van der Waals surface area contributed by atoms with Crippen LogP contribution in [0.1, 0.15) is 13.8 Å². The molecule has 18 heavy (non-hydrogen) atoms. The Morgan fingerprint density at radius 1 is 1.22 bits per heavy atom. The quantitative estimate of drug-likeness (QED) is 0.437. The summed E-state index contributed by atoms with van der Waals surface area (Å²) in [5.41, 5.74) is 0.389. The summed E-state index contributed by atoms with van der Waals surface area (Å²) in [6, 6.07) is 0. The number of aliphatic carboxylic acids is 2. The molecule has 0 saturated heterocycles. The molecule has 5 N–H and O–H groups in total. The summed E-state index contributed by atoms with van der Waals surface area (Å²) in [7, 11) is 0. The van der Waals surface area contributed by atoms with Crippen LogP contribution in [-0.4, -0.2) is 56.8 Å². The van der Waals surface area contributed by atoms with Crippen LogP contribution >= 0.6 is 0 Å². The van der Waals surface area contributed by atoms with Crippen LogP contribution in [0.15, 0.2) is 24.3 Å². The molecular formula is C11H20O7. The van der Waals surface area contributed by atoms with Crippen LogP contribution in [0.2, 0.25) is 0 Å². The van der Waals surface area contributed by atoms with Crippen molar-refractivity contribution < 1.29 is 35.1 Å². The van der Waals surface area contributed by atoms with Gasteiger partial charge >= 0.3 is 11.9 Å². The maximum Gasteiger partial charge on any atom is 0.330 e. The molecule has 0 aliphatic carbocycles. The normalized spacial score (nSPS) is 9.56. The van der Waals surface area contributed by atoms with Crippen molar-refractivity contribution in [2.24, 2.45) is 0 Å². The lowest BCUT2D eigenvalue weighted by molar-refractivity contribution is -0.133. The molecular weight excluding hydrogens is 244 g/mol. The third kappa shape index (κ3) is 23.8. The topological polar surface area (TPSA) is 135 Å². The van der Waals surface area contributed by atoms with E-state index < -0.39 is 18.0 Å². The van der Waals surface area contributed by atoms with E-state index in [4.69, 9.17) is 25.5 Å². The van der Waals surface area contributed by atoms with Crippen molar-refractivity contribution in [2.45, 2.75) is 20.0 Å². The summed E-state index contributed by atoms with van der Waals surface area (Å²) >= 11 is 0. The molecule has 0 heterocycles. The maximum atomic E-state index is 9.86. The minimum absolute atomic E-state index is 0.365. The van der Waals surface area contributed by atoms with Gasteiger partial charge in [-0.1, -0.05) is 12.7 Å². The van der Waals surface area contributed by atoms with Crippen molar-refractivity contribution in [2.75, 3.05) is 13.2 Å². The molecule has 7 heteroatoms. The number of aliphatic hydroxyl groups excluding tert-OH is 3. The first-order chi connectivity index (χ1) is 8.26. The molecule has 0 aliphatic rings. The molecule has 0 rings (SSSR count). The largest absolute Gasteiger partial charge is 0.478 e. The Hall–Kier alpha value is -1.70. The first-order valence-corrected chi connectivity index (χ1v) is 4.88. The van der Waals surface area contributed by atoms with Crippen LogP contribution in [0.3, 0.4) is 0 Å². The summed E-state index contributed by atoms with van der Waals surface area (Å²) in [4.78, 5) is 19.1. The maximum absolute atomic E-state index is 9.86. The molecule has 0 bridgehead atoms. The van der Waals surface area contributed by atoms with Gasteiger partial charge in [0.2, 0.25) is 0 Å². The molecule has 0 fully saturated rings. The van der Waals surface area contributed by atoms with Crippen molar-refractivity contribution in [3.63, 3.8) is 0 Å². The van der Waals surface area contributed by atoms with Gasteiger partial charge in [0.15, 0.2) is 0 Å². The van der Waals surface area contributed by atoms with E-state index >= 15 is 0 Å². The third-order valence-electron chi connectivity index (χ3n) is 1.37. The molecule has 0 saturated carbocycles. The van der Waals surface area contributed by atoms with Crippen LogP contribution in [0, 0.1) is 0 Å². The molecule has 0 radical (unpaired) electrons. The number of carboxylic acids is 2. The Labute approximate surface area is 105 Å². The molecule has 7 nitrogen and oxygen atoms in total. The molecule has 0 unspecified atom stereocenters. The van der Waals surface area contributed by atoms with E-state index in [-0.39, 0.29) is 13.2 Å². The summed E-state index contributed by atoms with van der Waals surface area (Å²) in [5, 5.41) is 39.7. The van der Waals surface area contributed by atoms with E-state index in [1.165, 1.54) is 0 Å². The van der Waals surface area contributed by atoms with Gasteiger partial charge in [-0.25, -0.2) is 9.59 Å². The Bertz CT molecular complexity index is 267. The van der Waals surface area contributed by atoms with Crippen molar-refractivity contribution in [3.05, 3.63) is 24.3 Å². The van der Waals surface area contributed by atoms with E-state index in [2.05, 4.69) is 6.58 Å². The predicted octanol–water partition coefficient (Wildman–Crippen LogP) is -0.374. The lowest BCUT2D eigenvalue weighted by Gasteiger charge is -1.96. The van der Waals surface area contributed by atoms with Crippen molar-refractivity contribution >= 4 is 11.9 Å². The molecule has 0 aromatic carbocycles. The number of allylic oxidation sites excluding steroid dienone is 1. The predicted molar refractivity (Wildman–Crippen MR) is 65.1 cm³/mol. The molecule has 0 atom stereocenters. The van der Waals surface area contributed by atoms with Gasteiger partial charge in [-0.3, -0.25) is 0 Å². The van der Waals surface area contributed by atoms with Gasteiger partial charge in [-0.2, -0.15) is 0 Å². The van der Waals surface area contributed by atoms with E-state index in [9.17, 15) is 9.59 Å². The van der Waals surface area contributed by atoms with Gasteiger partial charge in [-0.05, 0) is 13.8 Å². The number of carbonyl (C=O) groups is 2. The minimum atomic E-state index is -0.981. The molecule has 0 aliphatic heterocycles. The van der Waals surface area contributed by atoms with Gasteiger partial charge in [0, 0.05) is 11.6 Å². The second-order valence-corrected chi connectivity index (χ2v) is 2.84. The van der Waals surface area contributed by atoms with Gasteiger partial charge in [0.25, 0.3) is 0 Å². The highest BCUT2D eigenvalue weighted by Gasteiger charge is 1.94. The number of hydrogen-bond acceptors (Lipinski definition) is 5. The number of hydrogen-bond donors (Lipinski definition) is 5. The van der Waals surface area contributed by atoms with Crippen LogP contribution < -0.4 is 0 Å². The number of carboxylic acid groups (broad SMARTS) is 2. The Kier molecular flexibility index (Phi) is 18.3. The lowest BCUT2D eigenvalue weighted by Crippen LogP contribution is -2.15. The van der Waals surface area contributed by atoms with E-state index in [0.29, 0.717) is 5.57 Å².